The summed E-state index contributed by atoms with van der Waals surface area (Å²) in [5.41, 5.74) is 10.6. The second-order valence-electron chi connectivity index (χ2n) is 14.0. The second-order valence-corrected chi connectivity index (χ2v) is 15.1. The highest BCUT2D eigenvalue weighted by molar-refractivity contribution is 7.14. The van der Waals surface area contributed by atoms with Crippen molar-refractivity contribution in [3.8, 4) is 22.5 Å². The van der Waals surface area contributed by atoms with Crippen LogP contribution in [0.4, 0.5) is 0 Å². The first kappa shape index (κ1) is 35.1. The molecule has 1 aliphatic rings. The highest BCUT2D eigenvalue weighted by atomic mass is 32.1. The van der Waals surface area contributed by atoms with Crippen LogP contribution in [0.25, 0.3) is 22.5 Å². The molecule has 0 spiro atoms. The van der Waals surface area contributed by atoms with E-state index in [2.05, 4.69) is 67.2 Å². The van der Waals surface area contributed by atoms with Gasteiger partial charge in [0.2, 0.25) is 0 Å². The summed E-state index contributed by atoms with van der Waals surface area (Å²) in [5.74, 6) is 0.0316. The first-order valence-corrected chi connectivity index (χ1v) is 17.7. The number of rotatable bonds is 12. The molecule has 1 saturated carbocycles. The summed E-state index contributed by atoms with van der Waals surface area (Å²) in [6.45, 7) is 8.51. The molecule has 1 amide bonds. The molecule has 5 rings (SSSR count). The van der Waals surface area contributed by atoms with Gasteiger partial charge in [-0.25, -0.2) is 9.97 Å². The van der Waals surface area contributed by atoms with Crippen LogP contribution in [0.3, 0.4) is 0 Å². The van der Waals surface area contributed by atoms with Crippen molar-refractivity contribution in [2.24, 2.45) is 11.7 Å². The number of carbonyl (C=O) groups is 3. The predicted octanol–water partition coefficient (Wildman–Crippen LogP) is 7.57. The van der Waals surface area contributed by atoms with Gasteiger partial charge < -0.3 is 16.2 Å². The van der Waals surface area contributed by atoms with E-state index >= 15 is 0 Å². The standard InChI is InChI=1S/C39H46N4O4S/c1-5-24-6-10-26(11-7-24)27-14-16-28(17-15-27)30-22-41-36(42-23-30)29-12-8-25(9-13-29)20-32(33(44)21-31(40)38(46)47)43-37(45)34-18-19-35(48-34)39(2,3)4/h8-9,12-19,22-24,26,31-32H,5-7,10-11,20-21,40H2,1-4H3,(H,43,45)(H,46,47)/t24?,26?,31-,32?/m1/s1. The largest absolute Gasteiger partial charge is 0.480 e. The summed E-state index contributed by atoms with van der Waals surface area (Å²) in [6, 6.07) is 17.7. The Bertz CT molecular complexity index is 1700. The number of carboxylic acids is 1. The summed E-state index contributed by atoms with van der Waals surface area (Å²) in [7, 11) is 0. The molecule has 1 unspecified atom stereocenters. The number of hydrogen-bond acceptors (Lipinski definition) is 7. The van der Waals surface area contributed by atoms with Gasteiger partial charge in [-0.15, -0.1) is 11.3 Å². The summed E-state index contributed by atoms with van der Waals surface area (Å²) in [5, 5.41) is 12.1. The van der Waals surface area contributed by atoms with Gasteiger partial charge in [0.15, 0.2) is 11.6 Å². The maximum atomic E-state index is 13.2. The van der Waals surface area contributed by atoms with Crippen LogP contribution in [0.5, 0.6) is 0 Å². The zero-order valence-corrected chi connectivity index (χ0v) is 29.1. The maximum absolute atomic E-state index is 13.2. The molecular formula is C39H46N4O4S. The minimum absolute atomic E-state index is 0.114. The van der Waals surface area contributed by atoms with Crippen LogP contribution < -0.4 is 11.1 Å². The molecule has 1 fully saturated rings. The SMILES string of the molecule is CCC1CCC(c2ccc(-c3cnc(-c4ccc(CC(NC(=O)c5ccc(C(C)(C)C)s5)C(=O)C[C@@H](N)C(=O)O)cc4)nc3)cc2)CC1. The zero-order valence-electron chi connectivity index (χ0n) is 28.2. The van der Waals surface area contributed by atoms with Crippen molar-refractivity contribution in [3.63, 3.8) is 0 Å². The first-order valence-electron chi connectivity index (χ1n) is 16.8. The minimum atomic E-state index is -1.35. The molecule has 2 heterocycles. The van der Waals surface area contributed by atoms with Crippen molar-refractivity contribution in [1.82, 2.24) is 15.3 Å². The van der Waals surface area contributed by atoms with E-state index in [1.54, 1.807) is 6.07 Å². The monoisotopic (exact) mass is 666 g/mol. The van der Waals surface area contributed by atoms with Crippen molar-refractivity contribution in [1.29, 1.82) is 0 Å². The Morgan fingerprint density at radius 1 is 0.896 bits per heavy atom. The number of carbonyl (C=O) groups excluding carboxylic acids is 2. The average molecular weight is 667 g/mol. The fraction of sp³-hybridized carbons (Fsp3) is 0.410. The third-order valence-electron chi connectivity index (χ3n) is 9.44. The number of ketones is 1. The number of nitrogens with zero attached hydrogens (tertiary/aromatic N) is 2. The van der Waals surface area contributed by atoms with E-state index in [9.17, 15) is 19.5 Å². The van der Waals surface area contributed by atoms with Gasteiger partial charge in [-0.3, -0.25) is 14.4 Å². The summed E-state index contributed by atoms with van der Waals surface area (Å²) < 4.78 is 0. The Balaban J connectivity index is 1.25. The molecule has 0 bridgehead atoms. The molecule has 2 atom stereocenters. The van der Waals surface area contributed by atoms with Crippen LogP contribution in [-0.2, 0) is 21.4 Å². The lowest BCUT2D eigenvalue weighted by Gasteiger charge is -2.28. The molecule has 1 aliphatic carbocycles. The molecule has 48 heavy (non-hydrogen) atoms. The Kier molecular flexibility index (Phi) is 11.2. The van der Waals surface area contributed by atoms with Crippen LogP contribution in [0, 0.1) is 5.92 Å². The van der Waals surface area contributed by atoms with Crippen molar-refractivity contribution in [2.45, 2.75) is 96.1 Å². The number of aliphatic carboxylic acids is 1. The highest BCUT2D eigenvalue weighted by Gasteiger charge is 2.27. The van der Waals surface area contributed by atoms with E-state index in [0.717, 1.165) is 33.0 Å². The van der Waals surface area contributed by atoms with E-state index in [0.29, 0.717) is 16.6 Å². The lowest BCUT2D eigenvalue weighted by Crippen LogP contribution is -2.45. The van der Waals surface area contributed by atoms with Gasteiger partial charge in [-0.2, -0.15) is 0 Å². The number of amides is 1. The maximum Gasteiger partial charge on any atom is 0.320 e. The molecule has 9 heteroatoms. The first-order chi connectivity index (χ1) is 22.9. The van der Waals surface area contributed by atoms with Gasteiger partial charge in [0.25, 0.3) is 5.91 Å². The van der Waals surface area contributed by atoms with Gasteiger partial charge >= 0.3 is 5.97 Å². The molecule has 4 N–H and O–H groups in total. The molecule has 2 aromatic heterocycles. The summed E-state index contributed by atoms with van der Waals surface area (Å²) in [6.07, 6.45) is 9.94. The Morgan fingerprint density at radius 2 is 1.52 bits per heavy atom. The fourth-order valence-corrected chi connectivity index (χ4v) is 7.25. The van der Waals surface area contributed by atoms with Gasteiger partial charge in [-0.05, 0) is 78.2 Å². The van der Waals surface area contributed by atoms with Crippen LogP contribution in [-0.4, -0.2) is 44.8 Å². The van der Waals surface area contributed by atoms with E-state index in [-0.39, 0.29) is 24.2 Å². The number of nitrogens with two attached hydrogens (primary N) is 1. The van der Waals surface area contributed by atoms with Gasteiger partial charge in [0, 0.05) is 34.8 Å². The molecule has 2 aromatic carbocycles. The topological polar surface area (TPSA) is 135 Å². The van der Waals surface area contributed by atoms with E-state index in [4.69, 9.17) is 5.73 Å². The number of benzene rings is 2. The number of nitrogens with one attached hydrogen (secondary N) is 1. The fourth-order valence-electron chi connectivity index (χ4n) is 6.29. The van der Waals surface area contributed by atoms with Crippen LogP contribution in [0.1, 0.15) is 97.8 Å². The molecule has 8 nitrogen and oxygen atoms in total. The molecule has 0 aliphatic heterocycles. The summed E-state index contributed by atoms with van der Waals surface area (Å²) in [4.78, 5) is 48.5. The van der Waals surface area contributed by atoms with Gasteiger partial charge in [0.05, 0.1) is 10.9 Å². The number of thiophene rings is 1. The van der Waals surface area contributed by atoms with Crippen LogP contribution >= 0.6 is 11.3 Å². The number of hydrogen-bond donors (Lipinski definition) is 3. The zero-order chi connectivity index (χ0) is 34.4. The predicted molar refractivity (Wildman–Crippen MR) is 191 cm³/mol. The number of Topliss-reactive ketones (excluding diaryl/α,β-unsaturated/α-hetero) is 1. The third-order valence-corrected chi connectivity index (χ3v) is 11.0. The molecular weight excluding hydrogens is 621 g/mol. The Hall–Kier alpha value is -4.21. The molecule has 0 saturated heterocycles. The van der Waals surface area contributed by atoms with Crippen molar-refractivity contribution < 1.29 is 19.5 Å². The van der Waals surface area contributed by atoms with Crippen molar-refractivity contribution in [3.05, 3.63) is 93.9 Å². The number of aromatic nitrogens is 2. The molecule has 252 valence electrons. The minimum Gasteiger partial charge on any atom is -0.480 e. The van der Waals surface area contributed by atoms with E-state index in [1.807, 2.05) is 42.7 Å². The van der Waals surface area contributed by atoms with E-state index in [1.165, 1.54) is 49.0 Å². The van der Waals surface area contributed by atoms with Gasteiger partial charge in [0.1, 0.15) is 6.04 Å². The molecule has 0 radical (unpaired) electrons. The smallest absolute Gasteiger partial charge is 0.320 e. The van der Waals surface area contributed by atoms with Gasteiger partial charge in [-0.1, -0.05) is 82.6 Å². The lowest BCUT2D eigenvalue weighted by molar-refractivity contribution is -0.140. The van der Waals surface area contributed by atoms with E-state index < -0.39 is 23.8 Å². The lowest BCUT2D eigenvalue weighted by atomic mass is 9.78. The Labute approximate surface area is 287 Å². The average Bonchev–Trinajstić information content (AvgIpc) is 3.60. The normalized spacial score (nSPS) is 17.8. The number of carboxylic acid groups (broad SMARTS) is 1. The van der Waals surface area contributed by atoms with Crippen molar-refractivity contribution in [2.75, 3.05) is 0 Å². The van der Waals surface area contributed by atoms with Crippen LogP contribution in [0.2, 0.25) is 0 Å². The Morgan fingerprint density at radius 3 is 2.08 bits per heavy atom. The summed E-state index contributed by atoms with van der Waals surface area (Å²) >= 11 is 1.38. The second kappa shape index (κ2) is 15.3. The quantitative estimate of drug-likeness (QED) is 0.142. The highest BCUT2D eigenvalue weighted by Crippen LogP contribution is 2.37. The molecule has 4 aromatic rings. The van der Waals surface area contributed by atoms with Crippen LogP contribution in [0.15, 0.2) is 73.1 Å². The third kappa shape index (κ3) is 8.82. The van der Waals surface area contributed by atoms with Crippen molar-refractivity contribution >= 4 is 29.0 Å².